The van der Waals surface area contributed by atoms with Crippen molar-refractivity contribution in [2.45, 2.75) is 6.92 Å². The molecule has 2 N–H and O–H groups in total. The number of nitrogens with zero attached hydrogens (tertiary/aromatic N) is 2. The summed E-state index contributed by atoms with van der Waals surface area (Å²) >= 11 is 0. The van der Waals surface area contributed by atoms with Gasteiger partial charge in [0.05, 0.1) is 0 Å². The van der Waals surface area contributed by atoms with Crippen molar-refractivity contribution in [3.63, 3.8) is 0 Å². The lowest BCUT2D eigenvalue weighted by molar-refractivity contribution is 0.616. The Morgan fingerprint density at radius 3 is 2.76 bits per heavy atom. The SMILES string of the molecule is Cc1c(-c2coc3ccccc23)nn(C)c1N. The normalized spacial score (nSPS) is 11.2. The second kappa shape index (κ2) is 3.38. The van der Waals surface area contributed by atoms with E-state index < -0.39 is 0 Å². The molecule has 0 aliphatic rings. The van der Waals surface area contributed by atoms with Crippen LogP contribution < -0.4 is 5.73 Å². The third-order valence-corrected chi connectivity index (χ3v) is 3.07. The first-order valence-electron chi connectivity index (χ1n) is 5.44. The van der Waals surface area contributed by atoms with E-state index in [4.69, 9.17) is 10.2 Å². The first kappa shape index (κ1) is 9.96. The summed E-state index contributed by atoms with van der Waals surface area (Å²) in [5, 5.41) is 5.50. The second-order valence-corrected chi connectivity index (χ2v) is 4.13. The van der Waals surface area contributed by atoms with E-state index >= 15 is 0 Å². The molecule has 0 saturated carbocycles. The van der Waals surface area contributed by atoms with E-state index in [9.17, 15) is 0 Å². The fourth-order valence-electron chi connectivity index (χ4n) is 2.06. The van der Waals surface area contributed by atoms with Gasteiger partial charge in [-0.1, -0.05) is 18.2 Å². The van der Waals surface area contributed by atoms with Gasteiger partial charge >= 0.3 is 0 Å². The van der Waals surface area contributed by atoms with Gasteiger partial charge in [0.1, 0.15) is 23.4 Å². The van der Waals surface area contributed by atoms with Crippen LogP contribution >= 0.6 is 0 Å². The number of hydrogen-bond acceptors (Lipinski definition) is 3. The highest BCUT2D eigenvalue weighted by atomic mass is 16.3. The van der Waals surface area contributed by atoms with Crippen LogP contribution in [0, 0.1) is 6.92 Å². The van der Waals surface area contributed by atoms with E-state index in [1.165, 1.54) is 0 Å². The maximum atomic E-state index is 5.92. The van der Waals surface area contributed by atoms with Gasteiger partial charge in [-0.3, -0.25) is 4.68 Å². The fraction of sp³-hybridized carbons (Fsp3) is 0.154. The average molecular weight is 227 g/mol. The van der Waals surface area contributed by atoms with Crippen molar-refractivity contribution in [1.82, 2.24) is 9.78 Å². The molecule has 0 radical (unpaired) electrons. The lowest BCUT2D eigenvalue weighted by Crippen LogP contribution is -1.97. The molecule has 17 heavy (non-hydrogen) atoms. The summed E-state index contributed by atoms with van der Waals surface area (Å²) in [6.07, 6.45) is 1.74. The molecular formula is C13H13N3O. The van der Waals surface area contributed by atoms with Crippen molar-refractivity contribution in [2.75, 3.05) is 5.73 Å². The molecule has 0 saturated heterocycles. The molecule has 0 aliphatic heterocycles. The van der Waals surface area contributed by atoms with E-state index in [0.29, 0.717) is 5.82 Å². The number of para-hydroxylation sites is 1. The van der Waals surface area contributed by atoms with Crippen LogP contribution in [-0.2, 0) is 7.05 Å². The predicted octanol–water partition coefficient (Wildman–Crippen LogP) is 2.72. The molecule has 3 rings (SSSR count). The van der Waals surface area contributed by atoms with Crippen LogP contribution in [0.5, 0.6) is 0 Å². The highest BCUT2D eigenvalue weighted by Gasteiger charge is 2.15. The Morgan fingerprint density at radius 1 is 1.29 bits per heavy atom. The maximum Gasteiger partial charge on any atom is 0.134 e. The molecule has 0 atom stereocenters. The number of anilines is 1. The van der Waals surface area contributed by atoms with Crippen molar-refractivity contribution in [3.8, 4) is 11.3 Å². The van der Waals surface area contributed by atoms with Gasteiger partial charge in [0.25, 0.3) is 0 Å². The molecule has 0 bridgehead atoms. The molecule has 1 aromatic carbocycles. The Kier molecular flexibility index (Phi) is 1.98. The quantitative estimate of drug-likeness (QED) is 0.695. The minimum absolute atomic E-state index is 0.685. The van der Waals surface area contributed by atoms with Crippen LogP contribution in [0.4, 0.5) is 5.82 Å². The number of furan rings is 1. The molecule has 0 aliphatic carbocycles. The molecule has 0 unspecified atom stereocenters. The Morgan fingerprint density at radius 2 is 2.06 bits per heavy atom. The number of hydrogen-bond donors (Lipinski definition) is 1. The monoisotopic (exact) mass is 227 g/mol. The topological polar surface area (TPSA) is 57.0 Å². The summed E-state index contributed by atoms with van der Waals surface area (Å²) in [5.41, 5.74) is 9.65. The highest BCUT2D eigenvalue weighted by molar-refractivity contribution is 5.94. The first-order valence-corrected chi connectivity index (χ1v) is 5.44. The molecule has 2 aromatic heterocycles. The Bertz CT molecular complexity index is 694. The predicted molar refractivity (Wildman–Crippen MR) is 67.6 cm³/mol. The third kappa shape index (κ3) is 1.34. The molecule has 3 aromatic rings. The standard InChI is InChI=1S/C13H13N3O/c1-8-12(15-16(2)13(8)14)10-7-17-11-6-4-3-5-9(10)11/h3-7H,14H2,1-2H3. The van der Waals surface area contributed by atoms with Crippen molar-refractivity contribution < 1.29 is 4.42 Å². The molecule has 0 spiro atoms. The van der Waals surface area contributed by atoms with Gasteiger partial charge in [-0.05, 0) is 13.0 Å². The number of fused-ring (bicyclic) bond motifs is 1. The lowest BCUT2D eigenvalue weighted by atomic mass is 10.1. The third-order valence-electron chi connectivity index (χ3n) is 3.07. The van der Waals surface area contributed by atoms with E-state index in [2.05, 4.69) is 5.10 Å². The molecule has 2 heterocycles. The summed E-state index contributed by atoms with van der Waals surface area (Å²) < 4.78 is 7.20. The zero-order chi connectivity index (χ0) is 12.0. The molecule has 4 heteroatoms. The fourth-order valence-corrected chi connectivity index (χ4v) is 2.06. The highest BCUT2D eigenvalue weighted by Crippen LogP contribution is 2.33. The zero-order valence-corrected chi connectivity index (χ0v) is 9.77. The number of aryl methyl sites for hydroxylation is 1. The largest absolute Gasteiger partial charge is 0.464 e. The van der Waals surface area contributed by atoms with Gasteiger partial charge in [0.15, 0.2) is 0 Å². The van der Waals surface area contributed by atoms with Crippen LogP contribution in [0.3, 0.4) is 0 Å². The number of nitrogen functional groups attached to an aromatic ring is 1. The van der Waals surface area contributed by atoms with Gasteiger partial charge in [0.2, 0.25) is 0 Å². The summed E-state index contributed by atoms with van der Waals surface area (Å²) in [5.74, 6) is 0.685. The van der Waals surface area contributed by atoms with E-state index in [1.54, 1.807) is 10.9 Å². The number of rotatable bonds is 1. The van der Waals surface area contributed by atoms with Crippen LogP contribution in [0.25, 0.3) is 22.2 Å². The van der Waals surface area contributed by atoms with Crippen molar-refractivity contribution in [2.24, 2.45) is 7.05 Å². The number of benzene rings is 1. The lowest BCUT2D eigenvalue weighted by Gasteiger charge is -1.94. The Balaban J connectivity index is 2.31. The van der Waals surface area contributed by atoms with Crippen molar-refractivity contribution >= 4 is 16.8 Å². The summed E-state index contributed by atoms with van der Waals surface area (Å²) in [6, 6.07) is 7.91. The minimum atomic E-state index is 0.685. The zero-order valence-electron chi connectivity index (χ0n) is 9.77. The van der Waals surface area contributed by atoms with Gasteiger partial charge < -0.3 is 10.2 Å². The first-order chi connectivity index (χ1) is 8.18. The van der Waals surface area contributed by atoms with Crippen LogP contribution in [0.1, 0.15) is 5.56 Å². The second-order valence-electron chi connectivity index (χ2n) is 4.13. The van der Waals surface area contributed by atoms with Gasteiger partial charge in [0, 0.05) is 23.6 Å². The van der Waals surface area contributed by atoms with Gasteiger partial charge in [-0.2, -0.15) is 5.10 Å². The smallest absolute Gasteiger partial charge is 0.134 e. The molecule has 86 valence electrons. The Labute approximate surface area is 98.6 Å². The van der Waals surface area contributed by atoms with Gasteiger partial charge in [-0.15, -0.1) is 0 Å². The summed E-state index contributed by atoms with van der Waals surface area (Å²) in [4.78, 5) is 0. The van der Waals surface area contributed by atoms with E-state index in [-0.39, 0.29) is 0 Å². The average Bonchev–Trinajstić information content (AvgIpc) is 2.86. The molecule has 0 fully saturated rings. The Hall–Kier alpha value is -2.23. The maximum absolute atomic E-state index is 5.92. The molecule has 4 nitrogen and oxygen atoms in total. The minimum Gasteiger partial charge on any atom is -0.464 e. The molecule has 0 amide bonds. The summed E-state index contributed by atoms with van der Waals surface area (Å²) in [7, 11) is 1.84. The van der Waals surface area contributed by atoms with Gasteiger partial charge in [-0.25, -0.2) is 0 Å². The van der Waals surface area contributed by atoms with Crippen molar-refractivity contribution in [1.29, 1.82) is 0 Å². The van der Waals surface area contributed by atoms with E-state index in [1.807, 2.05) is 38.2 Å². The summed E-state index contributed by atoms with van der Waals surface area (Å²) in [6.45, 7) is 1.97. The van der Waals surface area contributed by atoms with Crippen LogP contribution in [0.15, 0.2) is 34.9 Å². The molecular weight excluding hydrogens is 214 g/mol. The van der Waals surface area contributed by atoms with Crippen molar-refractivity contribution in [3.05, 3.63) is 36.1 Å². The van der Waals surface area contributed by atoms with Crippen LogP contribution in [-0.4, -0.2) is 9.78 Å². The van der Waals surface area contributed by atoms with E-state index in [0.717, 1.165) is 27.8 Å². The number of nitrogens with two attached hydrogens (primary N) is 1. The van der Waals surface area contributed by atoms with Crippen LogP contribution in [0.2, 0.25) is 0 Å². The number of aromatic nitrogens is 2.